The zero-order chi connectivity index (χ0) is 14.0. The Kier molecular flexibility index (Phi) is 4.27. The highest BCUT2D eigenvalue weighted by molar-refractivity contribution is 5.58. The van der Waals surface area contributed by atoms with Crippen LogP contribution in [0, 0.1) is 18.8 Å². The molecule has 106 valence electrons. The molecule has 4 heteroatoms. The first-order chi connectivity index (χ1) is 9.05. The van der Waals surface area contributed by atoms with Crippen molar-refractivity contribution in [2.75, 3.05) is 30.4 Å². The summed E-state index contributed by atoms with van der Waals surface area (Å²) in [7, 11) is 1.93. The van der Waals surface area contributed by atoms with E-state index in [4.69, 9.17) is 4.98 Å². The van der Waals surface area contributed by atoms with Gasteiger partial charge in [0.2, 0.25) is 0 Å². The molecule has 4 nitrogen and oxygen atoms in total. The van der Waals surface area contributed by atoms with E-state index in [9.17, 15) is 0 Å². The second-order valence-electron chi connectivity index (χ2n) is 5.89. The fourth-order valence-corrected chi connectivity index (χ4v) is 3.10. The van der Waals surface area contributed by atoms with Crippen LogP contribution in [0.5, 0.6) is 0 Å². The van der Waals surface area contributed by atoms with Gasteiger partial charge in [-0.1, -0.05) is 20.8 Å². The summed E-state index contributed by atoms with van der Waals surface area (Å²) >= 11 is 0. The number of aromatic nitrogens is 2. The Morgan fingerprint density at radius 2 is 1.84 bits per heavy atom. The molecule has 1 saturated heterocycles. The highest BCUT2D eigenvalue weighted by Crippen LogP contribution is 2.29. The van der Waals surface area contributed by atoms with Crippen molar-refractivity contribution in [3.8, 4) is 0 Å². The first kappa shape index (κ1) is 14.1. The van der Waals surface area contributed by atoms with Gasteiger partial charge in [-0.3, -0.25) is 0 Å². The van der Waals surface area contributed by atoms with E-state index in [-0.39, 0.29) is 0 Å². The van der Waals surface area contributed by atoms with Crippen LogP contribution in [0.25, 0.3) is 0 Å². The molecule has 2 heterocycles. The van der Waals surface area contributed by atoms with E-state index in [0.29, 0.717) is 0 Å². The van der Waals surface area contributed by atoms with E-state index >= 15 is 0 Å². The maximum Gasteiger partial charge on any atom is 0.137 e. The van der Waals surface area contributed by atoms with Gasteiger partial charge in [-0.05, 0) is 25.2 Å². The molecule has 0 saturated carbocycles. The first-order valence-electron chi connectivity index (χ1n) is 7.35. The van der Waals surface area contributed by atoms with Gasteiger partial charge in [0.05, 0.1) is 0 Å². The maximum absolute atomic E-state index is 4.77. The third kappa shape index (κ3) is 2.99. The fourth-order valence-electron chi connectivity index (χ4n) is 3.10. The molecular formula is C15H26N4. The van der Waals surface area contributed by atoms with Crippen molar-refractivity contribution in [1.82, 2.24) is 9.97 Å². The molecule has 19 heavy (non-hydrogen) atoms. The average molecular weight is 262 g/mol. The molecule has 0 amide bonds. The summed E-state index contributed by atoms with van der Waals surface area (Å²) in [4.78, 5) is 11.8. The summed E-state index contributed by atoms with van der Waals surface area (Å²) in [6, 6.07) is 0. The van der Waals surface area contributed by atoms with Crippen LogP contribution in [0.15, 0.2) is 0 Å². The molecule has 0 bridgehead atoms. The van der Waals surface area contributed by atoms with E-state index < -0.39 is 0 Å². The molecule has 1 N–H and O–H groups in total. The lowest BCUT2D eigenvalue weighted by atomic mass is 9.92. The van der Waals surface area contributed by atoms with Gasteiger partial charge in [0, 0.05) is 32.1 Å². The van der Waals surface area contributed by atoms with Gasteiger partial charge in [0.15, 0.2) is 0 Å². The Balaban J connectivity index is 2.37. The molecule has 2 unspecified atom stereocenters. The third-order valence-corrected chi connectivity index (χ3v) is 3.89. The Bertz CT molecular complexity index is 434. The first-order valence-corrected chi connectivity index (χ1v) is 7.35. The van der Waals surface area contributed by atoms with Crippen molar-refractivity contribution in [2.45, 2.75) is 40.5 Å². The zero-order valence-corrected chi connectivity index (χ0v) is 12.8. The lowest BCUT2D eigenvalue weighted by molar-refractivity contribution is 0.355. The van der Waals surface area contributed by atoms with Crippen LogP contribution in [0.1, 0.15) is 38.6 Å². The lowest BCUT2D eigenvalue weighted by Crippen LogP contribution is -2.39. The molecule has 0 aliphatic carbocycles. The lowest BCUT2D eigenvalue weighted by Gasteiger charge is -2.36. The Morgan fingerprint density at radius 1 is 1.21 bits per heavy atom. The molecule has 2 rings (SSSR count). The van der Waals surface area contributed by atoms with Crippen LogP contribution >= 0.6 is 0 Å². The highest BCUT2D eigenvalue weighted by atomic mass is 15.2. The smallest absolute Gasteiger partial charge is 0.137 e. The van der Waals surface area contributed by atoms with Gasteiger partial charge in [0.1, 0.15) is 17.5 Å². The van der Waals surface area contributed by atoms with Crippen LogP contribution in [-0.2, 0) is 6.42 Å². The summed E-state index contributed by atoms with van der Waals surface area (Å²) < 4.78 is 0. The minimum Gasteiger partial charge on any atom is -0.373 e. The number of hydrogen-bond acceptors (Lipinski definition) is 4. The average Bonchev–Trinajstić information content (AvgIpc) is 2.37. The predicted octanol–water partition coefficient (Wildman–Crippen LogP) is 2.87. The Hall–Kier alpha value is -1.32. The van der Waals surface area contributed by atoms with Crippen molar-refractivity contribution in [3.05, 3.63) is 11.4 Å². The normalized spacial score (nSPS) is 23.5. The van der Waals surface area contributed by atoms with Crippen LogP contribution in [-0.4, -0.2) is 30.1 Å². The second-order valence-corrected chi connectivity index (χ2v) is 5.89. The second kappa shape index (κ2) is 5.76. The summed E-state index contributed by atoms with van der Waals surface area (Å²) in [6.45, 7) is 11.1. The van der Waals surface area contributed by atoms with E-state index in [2.05, 4.69) is 42.9 Å². The van der Waals surface area contributed by atoms with Crippen molar-refractivity contribution in [3.63, 3.8) is 0 Å². The van der Waals surface area contributed by atoms with Crippen molar-refractivity contribution >= 4 is 11.6 Å². The molecule has 1 aromatic heterocycles. The van der Waals surface area contributed by atoms with Gasteiger partial charge >= 0.3 is 0 Å². The number of hydrogen-bond donors (Lipinski definition) is 1. The molecular weight excluding hydrogens is 236 g/mol. The number of nitrogens with zero attached hydrogens (tertiary/aromatic N) is 3. The fraction of sp³-hybridized carbons (Fsp3) is 0.733. The van der Waals surface area contributed by atoms with E-state index in [1.54, 1.807) is 0 Å². The third-order valence-electron chi connectivity index (χ3n) is 3.89. The molecule has 2 atom stereocenters. The summed E-state index contributed by atoms with van der Waals surface area (Å²) in [6.07, 6.45) is 2.20. The van der Waals surface area contributed by atoms with Gasteiger partial charge in [-0.2, -0.15) is 0 Å². The number of piperidine rings is 1. The molecule has 1 aromatic rings. The number of aryl methyl sites for hydroxylation is 1. The quantitative estimate of drug-likeness (QED) is 0.909. The molecule has 0 aromatic carbocycles. The van der Waals surface area contributed by atoms with Crippen LogP contribution in [0.3, 0.4) is 0 Å². The van der Waals surface area contributed by atoms with Crippen molar-refractivity contribution in [2.24, 2.45) is 11.8 Å². The van der Waals surface area contributed by atoms with E-state index in [0.717, 1.165) is 48.8 Å². The molecule has 1 aliphatic heterocycles. The van der Waals surface area contributed by atoms with Gasteiger partial charge in [-0.25, -0.2) is 9.97 Å². The zero-order valence-electron chi connectivity index (χ0n) is 12.8. The van der Waals surface area contributed by atoms with E-state index in [1.165, 1.54) is 12.0 Å². The monoisotopic (exact) mass is 262 g/mol. The minimum atomic E-state index is 0.737. The van der Waals surface area contributed by atoms with E-state index in [1.807, 2.05) is 7.05 Å². The molecule has 1 aliphatic rings. The summed E-state index contributed by atoms with van der Waals surface area (Å²) in [5, 5.41) is 3.19. The standard InChI is InChI=1S/C15H26N4/c1-6-13-17-14(16-5)12(4)15(18-13)19-8-10(2)7-11(3)9-19/h10-11H,6-9H2,1-5H3,(H,16,17,18). The Labute approximate surface area is 116 Å². The predicted molar refractivity (Wildman–Crippen MR) is 80.9 cm³/mol. The largest absolute Gasteiger partial charge is 0.373 e. The topological polar surface area (TPSA) is 41.1 Å². The maximum atomic E-state index is 4.77. The highest BCUT2D eigenvalue weighted by Gasteiger charge is 2.25. The van der Waals surface area contributed by atoms with Crippen LogP contribution in [0.4, 0.5) is 11.6 Å². The van der Waals surface area contributed by atoms with Gasteiger partial charge < -0.3 is 10.2 Å². The van der Waals surface area contributed by atoms with Gasteiger partial charge in [0.25, 0.3) is 0 Å². The summed E-state index contributed by atoms with van der Waals surface area (Å²) in [5.74, 6) is 4.49. The molecule has 0 spiro atoms. The van der Waals surface area contributed by atoms with Gasteiger partial charge in [-0.15, -0.1) is 0 Å². The molecule has 1 fully saturated rings. The van der Waals surface area contributed by atoms with Crippen molar-refractivity contribution in [1.29, 1.82) is 0 Å². The minimum absolute atomic E-state index is 0.737. The number of rotatable bonds is 3. The van der Waals surface area contributed by atoms with Crippen molar-refractivity contribution < 1.29 is 0 Å². The Morgan fingerprint density at radius 3 is 2.37 bits per heavy atom. The number of anilines is 2. The SMILES string of the molecule is CCc1nc(NC)c(C)c(N2CC(C)CC(C)C2)n1. The van der Waals surface area contributed by atoms with Crippen LogP contribution in [0.2, 0.25) is 0 Å². The van der Waals surface area contributed by atoms with Crippen LogP contribution < -0.4 is 10.2 Å². The molecule has 0 radical (unpaired) electrons. The summed E-state index contributed by atoms with van der Waals surface area (Å²) in [5.41, 5.74) is 1.17. The number of nitrogens with one attached hydrogen (secondary N) is 1.